The van der Waals surface area contributed by atoms with Gasteiger partial charge in [-0.15, -0.1) is 0 Å². The van der Waals surface area contributed by atoms with Gasteiger partial charge >= 0.3 is 5.97 Å². The van der Waals surface area contributed by atoms with E-state index in [-0.39, 0.29) is 18.2 Å². The molecular weight excluding hydrogens is 506 g/mol. The highest BCUT2D eigenvalue weighted by molar-refractivity contribution is 9.11. The molecule has 2 aromatic rings. The molecule has 152 valence electrons. The van der Waals surface area contributed by atoms with E-state index >= 15 is 0 Å². The number of ether oxygens (including phenoxy) is 1. The number of carbonyl (C=O) groups is 2. The maximum Gasteiger partial charge on any atom is 0.322 e. The van der Waals surface area contributed by atoms with Crippen LogP contribution < -0.4 is 15.4 Å². The standard InChI is InChI=1S/C20H19Br2N3O4/c1-11(2)25-15-4-12(8-23)3-13(5-15)10-29-19-16(21)6-14(7-17(19)22)20(28)24-9-18(26)27/h3-7,11,25H,9-10H2,1-2H3,(H,24,28)(H,26,27). The van der Waals surface area contributed by atoms with E-state index in [1.165, 1.54) is 0 Å². The second kappa shape index (κ2) is 10.3. The summed E-state index contributed by atoms with van der Waals surface area (Å²) in [5.41, 5.74) is 2.46. The van der Waals surface area contributed by atoms with Gasteiger partial charge in [-0.1, -0.05) is 0 Å². The Balaban J connectivity index is 2.18. The van der Waals surface area contributed by atoms with Crippen molar-refractivity contribution < 1.29 is 19.4 Å². The molecule has 29 heavy (non-hydrogen) atoms. The molecule has 0 saturated carbocycles. The predicted molar refractivity (Wildman–Crippen MR) is 116 cm³/mol. The number of carbonyl (C=O) groups excluding carboxylic acids is 1. The molecule has 0 aliphatic rings. The number of nitriles is 1. The van der Waals surface area contributed by atoms with Gasteiger partial charge in [0.1, 0.15) is 18.9 Å². The van der Waals surface area contributed by atoms with Gasteiger partial charge in [-0.25, -0.2) is 0 Å². The molecule has 1 amide bonds. The zero-order valence-electron chi connectivity index (χ0n) is 15.8. The van der Waals surface area contributed by atoms with Crippen LogP contribution >= 0.6 is 31.9 Å². The summed E-state index contributed by atoms with van der Waals surface area (Å²) in [6, 6.07) is 10.9. The molecule has 9 heteroatoms. The van der Waals surface area contributed by atoms with Crippen LogP contribution in [0.3, 0.4) is 0 Å². The summed E-state index contributed by atoms with van der Waals surface area (Å²) in [6.45, 7) is 3.77. The topological polar surface area (TPSA) is 111 Å². The van der Waals surface area contributed by atoms with Crippen LogP contribution in [0.4, 0.5) is 5.69 Å². The highest BCUT2D eigenvalue weighted by Gasteiger charge is 2.15. The molecule has 3 N–H and O–H groups in total. The quantitative estimate of drug-likeness (QED) is 0.474. The Morgan fingerprint density at radius 2 is 1.83 bits per heavy atom. The van der Waals surface area contributed by atoms with Crippen molar-refractivity contribution in [2.45, 2.75) is 26.5 Å². The Bertz CT molecular complexity index is 948. The van der Waals surface area contributed by atoms with Gasteiger partial charge in [-0.2, -0.15) is 5.26 Å². The first kappa shape index (κ1) is 22.7. The second-order valence-corrected chi connectivity index (χ2v) is 8.17. The lowest BCUT2D eigenvalue weighted by Gasteiger charge is -2.15. The molecule has 0 saturated heterocycles. The van der Waals surface area contributed by atoms with Gasteiger partial charge in [0, 0.05) is 17.3 Å². The lowest BCUT2D eigenvalue weighted by molar-refractivity contribution is -0.135. The third kappa shape index (κ3) is 6.76. The summed E-state index contributed by atoms with van der Waals surface area (Å²) in [5.74, 6) is -1.14. The van der Waals surface area contributed by atoms with E-state index < -0.39 is 18.4 Å². The minimum Gasteiger partial charge on any atom is -0.487 e. The SMILES string of the molecule is CC(C)Nc1cc(C#N)cc(COc2c(Br)cc(C(=O)NCC(=O)O)cc2Br)c1. The highest BCUT2D eigenvalue weighted by Crippen LogP contribution is 2.35. The average molecular weight is 525 g/mol. The minimum atomic E-state index is -1.12. The fraction of sp³-hybridized carbons (Fsp3) is 0.250. The number of hydrogen-bond donors (Lipinski definition) is 3. The normalized spacial score (nSPS) is 10.3. The molecule has 0 aromatic heterocycles. The molecule has 0 aliphatic heterocycles. The van der Waals surface area contributed by atoms with Crippen LogP contribution in [-0.2, 0) is 11.4 Å². The zero-order chi connectivity index (χ0) is 21.6. The number of halogens is 2. The Morgan fingerprint density at radius 3 is 2.38 bits per heavy atom. The van der Waals surface area contributed by atoms with Crippen molar-refractivity contribution >= 4 is 49.4 Å². The van der Waals surface area contributed by atoms with Gasteiger partial charge in [0.05, 0.1) is 20.6 Å². The first-order chi connectivity index (χ1) is 13.7. The third-order valence-electron chi connectivity index (χ3n) is 3.62. The number of amides is 1. The number of rotatable bonds is 8. The van der Waals surface area contributed by atoms with Crippen LogP contribution in [-0.4, -0.2) is 29.6 Å². The number of nitrogens with one attached hydrogen (secondary N) is 2. The molecule has 0 fully saturated rings. The third-order valence-corrected chi connectivity index (χ3v) is 4.80. The first-order valence-electron chi connectivity index (χ1n) is 8.62. The summed E-state index contributed by atoms with van der Waals surface area (Å²) >= 11 is 6.76. The largest absolute Gasteiger partial charge is 0.487 e. The van der Waals surface area contributed by atoms with E-state index in [1.807, 2.05) is 19.9 Å². The van der Waals surface area contributed by atoms with Gasteiger partial charge in [0.25, 0.3) is 5.91 Å². The van der Waals surface area contributed by atoms with E-state index in [1.54, 1.807) is 24.3 Å². The van der Waals surface area contributed by atoms with Crippen molar-refractivity contribution in [2.24, 2.45) is 0 Å². The van der Waals surface area contributed by atoms with E-state index in [4.69, 9.17) is 9.84 Å². The fourth-order valence-corrected chi connectivity index (χ4v) is 3.91. The van der Waals surface area contributed by atoms with E-state index in [0.29, 0.717) is 20.3 Å². The monoisotopic (exact) mass is 523 g/mol. The van der Waals surface area contributed by atoms with Gasteiger partial charge in [-0.3, -0.25) is 9.59 Å². The maximum atomic E-state index is 12.0. The average Bonchev–Trinajstić information content (AvgIpc) is 2.64. The van der Waals surface area contributed by atoms with Crippen molar-refractivity contribution in [2.75, 3.05) is 11.9 Å². The number of anilines is 1. The van der Waals surface area contributed by atoms with E-state index in [0.717, 1.165) is 11.3 Å². The molecule has 0 bridgehead atoms. The Labute approximate surface area is 185 Å². The summed E-state index contributed by atoms with van der Waals surface area (Å²) in [7, 11) is 0. The Morgan fingerprint density at radius 1 is 1.17 bits per heavy atom. The molecule has 0 radical (unpaired) electrons. The second-order valence-electron chi connectivity index (χ2n) is 6.46. The highest BCUT2D eigenvalue weighted by atomic mass is 79.9. The fourth-order valence-electron chi connectivity index (χ4n) is 2.50. The van der Waals surface area contributed by atoms with E-state index in [2.05, 4.69) is 48.6 Å². The van der Waals surface area contributed by atoms with Crippen molar-refractivity contribution in [1.29, 1.82) is 5.26 Å². The van der Waals surface area contributed by atoms with Gasteiger partial charge in [0.15, 0.2) is 0 Å². The summed E-state index contributed by atoms with van der Waals surface area (Å²) in [5, 5.41) is 23.5. The lowest BCUT2D eigenvalue weighted by Crippen LogP contribution is -2.29. The number of aliphatic carboxylic acids is 1. The van der Waals surface area contributed by atoms with Gasteiger partial charge < -0.3 is 20.5 Å². The van der Waals surface area contributed by atoms with Crippen LogP contribution in [0.1, 0.15) is 35.3 Å². The number of carboxylic acid groups (broad SMARTS) is 1. The zero-order valence-corrected chi connectivity index (χ0v) is 18.9. The molecule has 0 atom stereocenters. The summed E-state index contributed by atoms with van der Waals surface area (Å²) in [6.07, 6.45) is 0. The first-order valence-corrected chi connectivity index (χ1v) is 10.2. The number of carboxylic acids is 1. The molecule has 0 aliphatic carbocycles. The van der Waals surface area contributed by atoms with Crippen molar-refractivity contribution in [1.82, 2.24) is 5.32 Å². The maximum absolute atomic E-state index is 12.0. The molecule has 0 heterocycles. The van der Waals surface area contributed by atoms with Crippen LogP contribution in [0.25, 0.3) is 0 Å². The number of nitrogens with zero attached hydrogens (tertiary/aromatic N) is 1. The van der Waals surface area contributed by atoms with Crippen molar-refractivity contribution in [3.05, 3.63) is 56.0 Å². The van der Waals surface area contributed by atoms with Crippen molar-refractivity contribution in [3.63, 3.8) is 0 Å². The number of hydrogen-bond acceptors (Lipinski definition) is 5. The lowest BCUT2D eigenvalue weighted by atomic mass is 10.1. The Kier molecular flexibility index (Phi) is 8.05. The molecular formula is C20H19Br2N3O4. The number of benzene rings is 2. The molecule has 2 rings (SSSR count). The van der Waals surface area contributed by atoms with Gasteiger partial charge in [-0.05, 0) is 81.6 Å². The van der Waals surface area contributed by atoms with E-state index in [9.17, 15) is 14.9 Å². The minimum absolute atomic E-state index is 0.212. The van der Waals surface area contributed by atoms with Crippen LogP contribution in [0.5, 0.6) is 5.75 Å². The van der Waals surface area contributed by atoms with Crippen LogP contribution in [0, 0.1) is 11.3 Å². The molecule has 0 unspecified atom stereocenters. The van der Waals surface area contributed by atoms with Crippen LogP contribution in [0.15, 0.2) is 39.3 Å². The molecule has 0 spiro atoms. The van der Waals surface area contributed by atoms with Gasteiger partial charge in [0.2, 0.25) is 0 Å². The summed E-state index contributed by atoms with van der Waals surface area (Å²) < 4.78 is 6.95. The molecule has 2 aromatic carbocycles. The van der Waals surface area contributed by atoms with Crippen LogP contribution in [0.2, 0.25) is 0 Å². The Hall–Kier alpha value is -2.57. The molecule has 7 nitrogen and oxygen atoms in total. The predicted octanol–water partition coefficient (Wildman–Crippen LogP) is 4.30. The summed E-state index contributed by atoms with van der Waals surface area (Å²) in [4.78, 5) is 22.6. The van der Waals surface area contributed by atoms with Crippen molar-refractivity contribution in [3.8, 4) is 11.8 Å². The smallest absolute Gasteiger partial charge is 0.322 e.